The van der Waals surface area contributed by atoms with E-state index in [0.717, 1.165) is 36.4 Å². The first kappa shape index (κ1) is 12.2. The van der Waals surface area contributed by atoms with E-state index in [1.807, 2.05) is 19.1 Å². The van der Waals surface area contributed by atoms with Gasteiger partial charge in [0.15, 0.2) is 0 Å². The molecule has 1 fully saturated rings. The summed E-state index contributed by atoms with van der Waals surface area (Å²) in [5.74, 6) is 0.946. The Hall–Kier alpha value is -1.22. The van der Waals surface area contributed by atoms with Crippen LogP contribution in [0.3, 0.4) is 0 Å². The van der Waals surface area contributed by atoms with E-state index in [-0.39, 0.29) is 12.0 Å². The highest BCUT2D eigenvalue weighted by atomic mass is 16.5. The average Bonchev–Trinajstić information content (AvgIpc) is 3.11. The quantitative estimate of drug-likeness (QED) is 0.796. The van der Waals surface area contributed by atoms with Crippen molar-refractivity contribution in [2.75, 3.05) is 25.1 Å². The molecule has 17 heavy (non-hydrogen) atoms. The van der Waals surface area contributed by atoms with E-state index < -0.39 is 0 Å². The molecule has 0 radical (unpaired) electrons. The van der Waals surface area contributed by atoms with Gasteiger partial charge in [-0.25, -0.2) is 0 Å². The van der Waals surface area contributed by atoms with E-state index in [9.17, 15) is 5.11 Å². The van der Waals surface area contributed by atoms with Crippen molar-refractivity contribution in [3.05, 3.63) is 23.8 Å². The van der Waals surface area contributed by atoms with Crippen molar-refractivity contribution in [1.82, 2.24) is 0 Å². The van der Waals surface area contributed by atoms with Crippen LogP contribution >= 0.6 is 0 Å². The lowest BCUT2D eigenvalue weighted by Gasteiger charge is -2.15. The standard InChI is InChI=1S/C14H21NO2/c1-3-17-13-5-4-12(8-11(13)2)15-9-14(10-16)6-7-14/h4-5,8,15-16H,3,6-7,9-10H2,1-2H3. The minimum Gasteiger partial charge on any atom is -0.494 e. The van der Waals surface area contributed by atoms with Gasteiger partial charge in [0, 0.05) is 17.6 Å². The number of benzene rings is 1. The van der Waals surface area contributed by atoms with Crippen LogP contribution in [-0.2, 0) is 0 Å². The zero-order chi connectivity index (χ0) is 12.3. The Labute approximate surface area is 103 Å². The van der Waals surface area contributed by atoms with Crippen molar-refractivity contribution in [2.45, 2.75) is 26.7 Å². The zero-order valence-electron chi connectivity index (χ0n) is 10.6. The predicted octanol–water partition coefficient (Wildman–Crippen LogP) is 2.58. The fourth-order valence-electron chi connectivity index (χ4n) is 1.93. The van der Waals surface area contributed by atoms with Crippen LogP contribution in [0.4, 0.5) is 5.69 Å². The number of hydrogen-bond acceptors (Lipinski definition) is 3. The summed E-state index contributed by atoms with van der Waals surface area (Å²) in [6.07, 6.45) is 2.26. The maximum absolute atomic E-state index is 9.24. The summed E-state index contributed by atoms with van der Waals surface area (Å²) < 4.78 is 5.50. The molecule has 1 aromatic carbocycles. The van der Waals surface area contributed by atoms with Crippen LogP contribution in [0.25, 0.3) is 0 Å². The Balaban J connectivity index is 1.95. The van der Waals surface area contributed by atoms with Crippen molar-refractivity contribution in [3.8, 4) is 5.75 Å². The summed E-state index contributed by atoms with van der Waals surface area (Å²) in [6.45, 7) is 5.88. The highest BCUT2D eigenvalue weighted by Crippen LogP contribution is 2.45. The SMILES string of the molecule is CCOc1ccc(NCC2(CO)CC2)cc1C. The normalized spacial score (nSPS) is 16.6. The zero-order valence-corrected chi connectivity index (χ0v) is 10.6. The van der Waals surface area contributed by atoms with Crippen LogP contribution in [0.5, 0.6) is 5.75 Å². The van der Waals surface area contributed by atoms with Crippen LogP contribution in [0.1, 0.15) is 25.3 Å². The Bertz CT molecular complexity index is 386. The van der Waals surface area contributed by atoms with Gasteiger partial charge in [0.25, 0.3) is 0 Å². The predicted molar refractivity (Wildman–Crippen MR) is 69.6 cm³/mol. The smallest absolute Gasteiger partial charge is 0.122 e. The third kappa shape index (κ3) is 2.91. The monoisotopic (exact) mass is 235 g/mol. The summed E-state index contributed by atoms with van der Waals surface area (Å²) in [5.41, 5.74) is 2.39. The van der Waals surface area contributed by atoms with Gasteiger partial charge in [-0.1, -0.05) is 0 Å². The molecule has 2 rings (SSSR count). The molecule has 0 aliphatic heterocycles. The van der Waals surface area contributed by atoms with Crippen LogP contribution in [0.15, 0.2) is 18.2 Å². The minimum absolute atomic E-state index is 0.145. The Kier molecular flexibility index (Phi) is 3.57. The molecule has 0 amide bonds. The molecule has 1 saturated carbocycles. The summed E-state index contributed by atoms with van der Waals surface area (Å²) >= 11 is 0. The van der Waals surface area contributed by atoms with Crippen LogP contribution < -0.4 is 10.1 Å². The van der Waals surface area contributed by atoms with Crippen LogP contribution in [0.2, 0.25) is 0 Å². The lowest BCUT2D eigenvalue weighted by molar-refractivity contribution is 0.220. The first-order chi connectivity index (χ1) is 8.19. The Morgan fingerprint density at radius 3 is 2.71 bits per heavy atom. The third-order valence-corrected chi connectivity index (χ3v) is 3.43. The van der Waals surface area contributed by atoms with Gasteiger partial charge in [-0.15, -0.1) is 0 Å². The molecule has 3 heteroatoms. The second-order valence-corrected chi connectivity index (χ2v) is 4.92. The molecule has 0 spiro atoms. The molecule has 0 bridgehead atoms. The molecule has 0 heterocycles. The molecule has 0 saturated heterocycles. The van der Waals surface area contributed by atoms with Crippen molar-refractivity contribution in [3.63, 3.8) is 0 Å². The van der Waals surface area contributed by atoms with Crippen molar-refractivity contribution >= 4 is 5.69 Å². The van der Waals surface area contributed by atoms with E-state index in [2.05, 4.69) is 18.3 Å². The van der Waals surface area contributed by atoms with Crippen molar-refractivity contribution in [1.29, 1.82) is 0 Å². The van der Waals surface area contributed by atoms with Crippen molar-refractivity contribution in [2.24, 2.45) is 5.41 Å². The van der Waals surface area contributed by atoms with E-state index in [1.165, 1.54) is 0 Å². The number of rotatable bonds is 6. The number of ether oxygens (including phenoxy) is 1. The first-order valence-corrected chi connectivity index (χ1v) is 6.27. The maximum atomic E-state index is 9.24. The summed E-state index contributed by atoms with van der Waals surface area (Å²) in [6, 6.07) is 6.13. The summed E-state index contributed by atoms with van der Waals surface area (Å²) in [5, 5.41) is 12.6. The Morgan fingerprint density at radius 2 is 2.18 bits per heavy atom. The van der Waals surface area contributed by atoms with E-state index >= 15 is 0 Å². The number of nitrogens with one attached hydrogen (secondary N) is 1. The molecule has 2 N–H and O–H groups in total. The van der Waals surface area contributed by atoms with Gasteiger partial charge in [-0.05, 0) is 50.5 Å². The highest BCUT2D eigenvalue weighted by molar-refractivity contribution is 5.51. The van der Waals surface area contributed by atoms with Crippen LogP contribution in [-0.4, -0.2) is 24.9 Å². The molecule has 1 aromatic rings. The highest BCUT2D eigenvalue weighted by Gasteiger charge is 2.41. The second-order valence-electron chi connectivity index (χ2n) is 4.92. The maximum Gasteiger partial charge on any atom is 0.122 e. The fraction of sp³-hybridized carbons (Fsp3) is 0.571. The van der Waals surface area contributed by atoms with E-state index in [0.29, 0.717) is 6.61 Å². The fourth-order valence-corrected chi connectivity index (χ4v) is 1.93. The van der Waals surface area contributed by atoms with Gasteiger partial charge < -0.3 is 15.2 Å². The third-order valence-electron chi connectivity index (χ3n) is 3.43. The minimum atomic E-state index is 0.145. The van der Waals surface area contributed by atoms with Crippen molar-refractivity contribution < 1.29 is 9.84 Å². The Morgan fingerprint density at radius 1 is 1.41 bits per heavy atom. The molecule has 0 unspecified atom stereocenters. The van der Waals surface area contributed by atoms with Gasteiger partial charge >= 0.3 is 0 Å². The lowest BCUT2D eigenvalue weighted by atomic mass is 10.1. The first-order valence-electron chi connectivity index (χ1n) is 6.27. The summed E-state index contributed by atoms with van der Waals surface area (Å²) in [4.78, 5) is 0. The van der Waals surface area contributed by atoms with Gasteiger partial charge in [0.05, 0.1) is 13.2 Å². The molecule has 94 valence electrons. The second kappa shape index (κ2) is 4.96. The molecular weight excluding hydrogens is 214 g/mol. The van der Waals surface area contributed by atoms with Gasteiger partial charge in [-0.2, -0.15) is 0 Å². The molecule has 3 nitrogen and oxygen atoms in total. The molecule has 1 aliphatic rings. The van der Waals surface area contributed by atoms with Crippen LogP contribution in [0, 0.1) is 12.3 Å². The van der Waals surface area contributed by atoms with Gasteiger partial charge in [0.1, 0.15) is 5.75 Å². The molecular formula is C14H21NO2. The number of aryl methyl sites for hydroxylation is 1. The molecule has 0 atom stereocenters. The number of aliphatic hydroxyl groups excluding tert-OH is 1. The van der Waals surface area contributed by atoms with E-state index in [4.69, 9.17) is 4.74 Å². The number of anilines is 1. The number of aliphatic hydroxyl groups is 1. The van der Waals surface area contributed by atoms with Gasteiger partial charge in [-0.3, -0.25) is 0 Å². The summed E-state index contributed by atoms with van der Waals surface area (Å²) in [7, 11) is 0. The van der Waals surface area contributed by atoms with Gasteiger partial charge in [0.2, 0.25) is 0 Å². The largest absolute Gasteiger partial charge is 0.494 e. The topological polar surface area (TPSA) is 41.5 Å². The molecule has 0 aromatic heterocycles. The average molecular weight is 235 g/mol. The number of hydrogen-bond donors (Lipinski definition) is 2. The van der Waals surface area contributed by atoms with E-state index in [1.54, 1.807) is 0 Å². The lowest BCUT2D eigenvalue weighted by Crippen LogP contribution is -2.19. The molecule has 1 aliphatic carbocycles.